The predicted molar refractivity (Wildman–Crippen MR) is 55.5 cm³/mol. The molecule has 1 aromatic carbocycles. The summed E-state index contributed by atoms with van der Waals surface area (Å²) in [5.74, 6) is 0. The third kappa shape index (κ3) is 1.56. The Bertz CT molecular complexity index is 465. The van der Waals surface area contributed by atoms with E-state index in [2.05, 4.69) is 9.59 Å². The average molecular weight is 204 g/mol. The number of nitrogens with zero attached hydrogens (tertiary/aromatic N) is 2. The van der Waals surface area contributed by atoms with E-state index in [1.165, 1.54) is 11.5 Å². The number of aromatic nitrogens is 2. The quantitative estimate of drug-likeness (QED) is 0.705. The fourth-order valence-corrected chi connectivity index (χ4v) is 1.89. The van der Waals surface area contributed by atoms with Crippen molar-refractivity contribution < 1.29 is 4.79 Å². The Labute approximate surface area is 85.6 Å². The summed E-state index contributed by atoms with van der Waals surface area (Å²) in [5, 5.41) is 3.74. The van der Waals surface area contributed by atoms with Crippen LogP contribution in [0.5, 0.6) is 0 Å². The third-order valence-corrected chi connectivity index (χ3v) is 2.70. The summed E-state index contributed by atoms with van der Waals surface area (Å²) in [6.07, 6.45) is 0.737. The number of hydrogen-bond donors (Lipinski definition) is 0. The molecule has 70 valence electrons. The first kappa shape index (κ1) is 9.02. The summed E-state index contributed by atoms with van der Waals surface area (Å²) >= 11 is 1.24. The molecule has 0 bridgehead atoms. The maximum Gasteiger partial charge on any atom is 0.171 e. The number of benzene rings is 1. The van der Waals surface area contributed by atoms with Crippen LogP contribution in [0.3, 0.4) is 0 Å². The monoisotopic (exact) mass is 204 g/mol. The number of aldehydes is 1. The van der Waals surface area contributed by atoms with E-state index in [9.17, 15) is 4.79 Å². The van der Waals surface area contributed by atoms with Crippen LogP contribution in [0.1, 0.15) is 16.1 Å². The lowest BCUT2D eigenvalue weighted by Gasteiger charge is -1.97. The van der Waals surface area contributed by atoms with Gasteiger partial charge >= 0.3 is 0 Å². The molecular weight excluding hydrogens is 196 g/mol. The molecule has 0 aliphatic heterocycles. The standard InChI is InChI=1S/C10H8N2OS/c1-7-3-2-4-8(5-7)10-9(6-13)11-12-14-10/h2-6H,1H3. The van der Waals surface area contributed by atoms with E-state index in [0.717, 1.165) is 22.3 Å². The van der Waals surface area contributed by atoms with E-state index in [1.807, 2.05) is 31.2 Å². The van der Waals surface area contributed by atoms with Gasteiger partial charge in [0.2, 0.25) is 0 Å². The molecule has 3 nitrogen and oxygen atoms in total. The lowest BCUT2D eigenvalue weighted by molar-refractivity contribution is 0.111. The fourth-order valence-electron chi connectivity index (χ4n) is 1.26. The van der Waals surface area contributed by atoms with E-state index in [1.54, 1.807) is 0 Å². The van der Waals surface area contributed by atoms with Gasteiger partial charge in [-0.15, -0.1) is 5.10 Å². The molecule has 0 unspecified atom stereocenters. The maximum atomic E-state index is 10.7. The first-order chi connectivity index (χ1) is 6.81. The van der Waals surface area contributed by atoms with E-state index >= 15 is 0 Å². The molecule has 0 saturated carbocycles. The van der Waals surface area contributed by atoms with Crippen LogP contribution in [0.15, 0.2) is 24.3 Å². The molecule has 0 saturated heterocycles. The van der Waals surface area contributed by atoms with Crippen LogP contribution >= 0.6 is 11.5 Å². The highest BCUT2D eigenvalue weighted by molar-refractivity contribution is 7.09. The van der Waals surface area contributed by atoms with Crippen molar-refractivity contribution in [2.24, 2.45) is 0 Å². The van der Waals surface area contributed by atoms with Crippen molar-refractivity contribution in [3.8, 4) is 10.4 Å². The van der Waals surface area contributed by atoms with Gasteiger partial charge in [-0.25, -0.2) is 0 Å². The number of hydrogen-bond acceptors (Lipinski definition) is 4. The average Bonchev–Trinajstić information content (AvgIpc) is 2.65. The van der Waals surface area contributed by atoms with Crippen molar-refractivity contribution >= 4 is 17.8 Å². The summed E-state index contributed by atoms with van der Waals surface area (Å²) in [6, 6.07) is 7.94. The predicted octanol–water partition coefficient (Wildman–Crippen LogP) is 2.33. The summed E-state index contributed by atoms with van der Waals surface area (Å²) < 4.78 is 3.76. The molecular formula is C10H8N2OS. The molecule has 0 fully saturated rings. The van der Waals surface area contributed by atoms with Crippen molar-refractivity contribution in [1.29, 1.82) is 0 Å². The lowest BCUT2D eigenvalue weighted by atomic mass is 10.1. The van der Waals surface area contributed by atoms with Crippen LogP contribution in [0.4, 0.5) is 0 Å². The van der Waals surface area contributed by atoms with Crippen LogP contribution < -0.4 is 0 Å². The smallest absolute Gasteiger partial charge is 0.171 e. The van der Waals surface area contributed by atoms with Gasteiger partial charge in [0.15, 0.2) is 6.29 Å². The fraction of sp³-hybridized carbons (Fsp3) is 0.100. The summed E-state index contributed by atoms with van der Waals surface area (Å²) in [6.45, 7) is 2.01. The van der Waals surface area contributed by atoms with Crippen LogP contribution in [0.2, 0.25) is 0 Å². The van der Waals surface area contributed by atoms with Gasteiger partial charge in [0.05, 0.1) is 4.88 Å². The Morgan fingerprint density at radius 3 is 3.00 bits per heavy atom. The topological polar surface area (TPSA) is 42.9 Å². The molecule has 0 spiro atoms. The highest BCUT2D eigenvalue weighted by atomic mass is 32.1. The van der Waals surface area contributed by atoms with Gasteiger partial charge in [0, 0.05) is 0 Å². The molecule has 14 heavy (non-hydrogen) atoms. The van der Waals surface area contributed by atoms with Gasteiger partial charge in [-0.05, 0) is 24.0 Å². The van der Waals surface area contributed by atoms with Gasteiger partial charge in [0.1, 0.15) is 5.69 Å². The van der Waals surface area contributed by atoms with Crippen LogP contribution in [0.25, 0.3) is 10.4 Å². The first-order valence-electron chi connectivity index (χ1n) is 4.16. The zero-order valence-electron chi connectivity index (χ0n) is 7.60. The van der Waals surface area contributed by atoms with E-state index in [-0.39, 0.29) is 0 Å². The molecule has 2 aromatic rings. The summed E-state index contributed by atoms with van der Waals surface area (Å²) in [4.78, 5) is 11.5. The molecule has 0 aliphatic carbocycles. The Morgan fingerprint density at radius 1 is 1.43 bits per heavy atom. The molecule has 0 radical (unpaired) electrons. The second-order valence-electron chi connectivity index (χ2n) is 2.97. The first-order valence-corrected chi connectivity index (χ1v) is 4.93. The Kier molecular flexibility index (Phi) is 2.37. The van der Waals surface area contributed by atoms with Gasteiger partial charge in [-0.2, -0.15) is 0 Å². The largest absolute Gasteiger partial charge is 0.296 e. The SMILES string of the molecule is Cc1cccc(-c2snnc2C=O)c1. The minimum Gasteiger partial charge on any atom is -0.296 e. The van der Waals surface area contributed by atoms with Gasteiger partial charge in [0.25, 0.3) is 0 Å². The van der Waals surface area contributed by atoms with Crippen molar-refractivity contribution in [3.63, 3.8) is 0 Å². The Morgan fingerprint density at radius 2 is 2.29 bits per heavy atom. The molecule has 0 N–H and O–H groups in total. The lowest BCUT2D eigenvalue weighted by Crippen LogP contribution is -1.84. The molecule has 0 aliphatic rings. The molecule has 1 heterocycles. The van der Waals surface area contributed by atoms with Crippen molar-refractivity contribution in [2.75, 3.05) is 0 Å². The van der Waals surface area contributed by atoms with Gasteiger partial charge in [-0.3, -0.25) is 4.79 Å². The van der Waals surface area contributed by atoms with Crippen molar-refractivity contribution in [1.82, 2.24) is 9.59 Å². The van der Waals surface area contributed by atoms with Crippen LogP contribution in [-0.2, 0) is 0 Å². The molecule has 0 atom stereocenters. The second-order valence-corrected chi connectivity index (χ2v) is 3.73. The normalized spacial score (nSPS) is 10.1. The van der Waals surface area contributed by atoms with Crippen LogP contribution in [-0.4, -0.2) is 15.9 Å². The zero-order chi connectivity index (χ0) is 9.97. The van der Waals surface area contributed by atoms with E-state index in [4.69, 9.17) is 0 Å². The molecule has 4 heteroatoms. The number of carbonyl (C=O) groups is 1. The zero-order valence-corrected chi connectivity index (χ0v) is 8.41. The van der Waals surface area contributed by atoms with Crippen molar-refractivity contribution in [3.05, 3.63) is 35.5 Å². The molecule has 0 amide bonds. The number of carbonyl (C=O) groups excluding carboxylic acids is 1. The molecule has 1 aromatic heterocycles. The van der Waals surface area contributed by atoms with E-state index in [0.29, 0.717) is 5.69 Å². The highest BCUT2D eigenvalue weighted by Gasteiger charge is 2.08. The summed E-state index contributed by atoms with van der Waals surface area (Å²) in [5.41, 5.74) is 2.58. The third-order valence-electron chi connectivity index (χ3n) is 1.91. The minimum atomic E-state index is 0.417. The Balaban J connectivity index is 2.54. The number of rotatable bonds is 2. The van der Waals surface area contributed by atoms with Gasteiger partial charge in [-0.1, -0.05) is 34.3 Å². The second kappa shape index (κ2) is 3.67. The number of aryl methyl sites for hydroxylation is 1. The Hall–Kier alpha value is -1.55. The van der Waals surface area contributed by atoms with Gasteiger partial charge < -0.3 is 0 Å². The minimum absolute atomic E-state index is 0.417. The molecule has 2 rings (SSSR count). The maximum absolute atomic E-state index is 10.7. The van der Waals surface area contributed by atoms with Crippen LogP contribution in [0, 0.1) is 6.92 Å². The van der Waals surface area contributed by atoms with E-state index < -0.39 is 0 Å². The highest BCUT2D eigenvalue weighted by Crippen LogP contribution is 2.25. The summed E-state index contributed by atoms with van der Waals surface area (Å²) in [7, 11) is 0. The van der Waals surface area contributed by atoms with Crippen molar-refractivity contribution in [2.45, 2.75) is 6.92 Å².